The zero-order chi connectivity index (χ0) is 18.0. The van der Waals surface area contributed by atoms with Gasteiger partial charge in [0.05, 0.1) is 22.0 Å². The fourth-order valence-electron chi connectivity index (χ4n) is 2.29. The minimum Gasteiger partial charge on any atom is -0.339 e. The number of nitrogens with one attached hydrogen (secondary N) is 1. The maximum atomic E-state index is 12.7. The largest absolute Gasteiger partial charge is 0.416 e. The second kappa shape index (κ2) is 6.72. The van der Waals surface area contributed by atoms with Crippen LogP contribution in [0.3, 0.4) is 0 Å². The Labute approximate surface area is 147 Å². The summed E-state index contributed by atoms with van der Waals surface area (Å²) in [4.78, 5) is 8.24. The average Bonchev–Trinajstić information content (AvgIpc) is 2.58. The molecule has 25 heavy (non-hydrogen) atoms. The molecular formula is C18H13ClF3N3. The average molecular weight is 364 g/mol. The van der Waals surface area contributed by atoms with Gasteiger partial charge in [-0.3, -0.25) is 0 Å². The monoisotopic (exact) mass is 363 g/mol. The van der Waals surface area contributed by atoms with E-state index in [0.29, 0.717) is 27.8 Å². The molecule has 128 valence electrons. The molecule has 0 aliphatic rings. The lowest BCUT2D eigenvalue weighted by Gasteiger charge is -2.10. The molecule has 0 amide bonds. The van der Waals surface area contributed by atoms with Gasteiger partial charge in [-0.25, -0.2) is 9.97 Å². The molecule has 0 aliphatic carbocycles. The highest BCUT2D eigenvalue weighted by Crippen LogP contribution is 2.31. The molecule has 1 N–H and O–H groups in total. The van der Waals surface area contributed by atoms with Crippen molar-refractivity contribution in [2.75, 3.05) is 5.32 Å². The summed E-state index contributed by atoms with van der Waals surface area (Å²) in [7, 11) is 0. The molecule has 3 aromatic rings. The van der Waals surface area contributed by atoms with Gasteiger partial charge in [0.1, 0.15) is 12.1 Å². The van der Waals surface area contributed by atoms with Crippen molar-refractivity contribution in [3.8, 4) is 11.3 Å². The zero-order valence-corrected chi connectivity index (χ0v) is 13.9. The van der Waals surface area contributed by atoms with E-state index in [0.717, 1.165) is 17.7 Å². The molecule has 3 rings (SSSR count). The minimum atomic E-state index is -4.36. The van der Waals surface area contributed by atoms with E-state index < -0.39 is 11.7 Å². The number of hydrogen-bond acceptors (Lipinski definition) is 3. The van der Waals surface area contributed by atoms with Crippen LogP contribution in [0.2, 0.25) is 5.02 Å². The van der Waals surface area contributed by atoms with Crippen molar-refractivity contribution in [2.24, 2.45) is 0 Å². The fourth-order valence-corrected chi connectivity index (χ4v) is 2.45. The maximum Gasteiger partial charge on any atom is 0.416 e. The molecule has 0 fully saturated rings. The second-order valence-corrected chi connectivity index (χ2v) is 5.88. The second-order valence-electron chi connectivity index (χ2n) is 5.47. The molecule has 0 unspecified atom stereocenters. The van der Waals surface area contributed by atoms with Crippen LogP contribution in [-0.4, -0.2) is 9.97 Å². The van der Waals surface area contributed by atoms with Crippen LogP contribution in [0.15, 0.2) is 54.9 Å². The van der Waals surface area contributed by atoms with Crippen molar-refractivity contribution < 1.29 is 13.2 Å². The van der Waals surface area contributed by atoms with Crippen LogP contribution in [0.1, 0.15) is 11.1 Å². The van der Waals surface area contributed by atoms with Crippen molar-refractivity contribution in [1.82, 2.24) is 9.97 Å². The number of anilines is 2. The summed E-state index contributed by atoms with van der Waals surface area (Å²) < 4.78 is 38.0. The molecule has 0 atom stereocenters. The van der Waals surface area contributed by atoms with E-state index in [1.54, 1.807) is 12.1 Å². The first-order chi connectivity index (χ1) is 11.8. The lowest BCUT2D eigenvalue weighted by atomic mass is 10.1. The Morgan fingerprint density at radius 3 is 2.36 bits per heavy atom. The Bertz CT molecular complexity index is 893. The van der Waals surface area contributed by atoms with Gasteiger partial charge >= 0.3 is 6.18 Å². The first-order valence-corrected chi connectivity index (χ1v) is 7.73. The van der Waals surface area contributed by atoms with Gasteiger partial charge < -0.3 is 5.32 Å². The predicted molar refractivity (Wildman–Crippen MR) is 91.9 cm³/mol. The predicted octanol–water partition coefficient (Wildman–Crippen LogP) is 5.87. The first-order valence-electron chi connectivity index (χ1n) is 7.36. The molecule has 0 saturated carbocycles. The quantitative estimate of drug-likeness (QED) is 0.632. The van der Waals surface area contributed by atoms with Crippen molar-refractivity contribution in [3.05, 3.63) is 71.0 Å². The number of nitrogens with zero attached hydrogens (tertiary/aromatic N) is 2. The van der Waals surface area contributed by atoms with Gasteiger partial charge in [-0.1, -0.05) is 29.8 Å². The van der Waals surface area contributed by atoms with Crippen LogP contribution in [-0.2, 0) is 6.18 Å². The van der Waals surface area contributed by atoms with E-state index in [4.69, 9.17) is 11.6 Å². The lowest BCUT2D eigenvalue weighted by Crippen LogP contribution is -2.04. The third-order valence-corrected chi connectivity index (χ3v) is 3.89. The van der Waals surface area contributed by atoms with Gasteiger partial charge in [0.25, 0.3) is 0 Å². The summed E-state index contributed by atoms with van der Waals surface area (Å²) in [5.41, 5.74) is 2.10. The summed E-state index contributed by atoms with van der Waals surface area (Å²) in [5, 5.41) is 3.64. The van der Waals surface area contributed by atoms with Crippen molar-refractivity contribution in [2.45, 2.75) is 13.1 Å². The number of alkyl halides is 3. The fraction of sp³-hybridized carbons (Fsp3) is 0.111. The highest BCUT2D eigenvalue weighted by molar-refractivity contribution is 6.33. The third kappa shape index (κ3) is 4.09. The van der Waals surface area contributed by atoms with Gasteiger partial charge in [0.15, 0.2) is 0 Å². The first kappa shape index (κ1) is 17.2. The van der Waals surface area contributed by atoms with E-state index in [-0.39, 0.29) is 0 Å². The minimum absolute atomic E-state index is 0.498. The van der Waals surface area contributed by atoms with Crippen LogP contribution in [0.4, 0.5) is 24.7 Å². The normalized spacial score (nSPS) is 11.4. The Hall–Kier alpha value is -2.60. The Balaban J connectivity index is 1.88. The number of aromatic nitrogens is 2. The molecule has 0 radical (unpaired) electrons. The summed E-state index contributed by atoms with van der Waals surface area (Å²) in [6.45, 7) is 1.94. The smallest absolute Gasteiger partial charge is 0.339 e. The topological polar surface area (TPSA) is 37.8 Å². The number of halogens is 4. The van der Waals surface area contributed by atoms with Crippen LogP contribution in [0, 0.1) is 6.92 Å². The molecule has 0 saturated heterocycles. The molecule has 0 spiro atoms. The van der Waals surface area contributed by atoms with E-state index in [2.05, 4.69) is 15.3 Å². The van der Waals surface area contributed by atoms with Crippen LogP contribution in [0.5, 0.6) is 0 Å². The number of benzene rings is 2. The molecule has 0 aliphatic heterocycles. The van der Waals surface area contributed by atoms with Gasteiger partial charge in [-0.05, 0) is 36.8 Å². The van der Waals surface area contributed by atoms with Crippen molar-refractivity contribution in [3.63, 3.8) is 0 Å². The molecule has 0 bridgehead atoms. The molecule has 2 aromatic carbocycles. The SMILES string of the molecule is Cc1ccc(Cl)c(Nc2cc(-c3ccc(C(F)(F)F)cc3)ncn2)c1. The molecule has 3 nitrogen and oxygen atoms in total. The maximum absolute atomic E-state index is 12.7. The van der Waals surface area contributed by atoms with Crippen LogP contribution < -0.4 is 5.32 Å². The summed E-state index contributed by atoms with van der Waals surface area (Å²) in [6, 6.07) is 12.0. The van der Waals surface area contributed by atoms with Crippen LogP contribution >= 0.6 is 11.6 Å². The van der Waals surface area contributed by atoms with Gasteiger partial charge in [-0.15, -0.1) is 0 Å². The molecule has 1 aromatic heterocycles. The van der Waals surface area contributed by atoms with Gasteiger partial charge in [0, 0.05) is 11.6 Å². The van der Waals surface area contributed by atoms with E-state index in [1.807, 2.05) is 19.1 Å². The van der Waals surface area contributed by atoms with E-state index in [1.165, 1.54) is 18.5 Å². The Morgan fingerprint density at radius 2 is 1.68 bits per heavy atom. The van der Waals surface area contributed by atoms with E-state index >= 15 is 0 Å². The number of aryl methyl sites for hydroxylation is 1. The molecule has 1 heterocycles. The lowest BCUT2D eigenvalue weighted by molar-refractivity contribution is -0.137. The Morgan fingerprint density at radius 1 is 0.960 bits per heavy atom. The Kier molecular flexibility index (Phi) is 4.63. The molecule has 7 heteroatoms. The summed E-state index contributed by atoms with van der Waals surface area (Å²) in [6.07, 6.45) is -3.02. The standard InChI is InChI=1S/C18H13ClF3N3/c1-11-2-7-14(19)16(8-11)25-17-9-15(23-10-24-17)12-3-5-13(6-4-12)18(20,21)22/h2-10H,1H3,(H,23,24,25). The van der Waals surface area contributed by atoms with Gasteiger partial charge in [0.2, 0.25) is 0 Å². The van der Waals surface area contributed by atoms with Crippen LogP contribution in [0.25, 0.3) is 11.3 Å². The van der Waals surface area contributed by atoms with Crippen molar-refractivity contribution >= 4 is 23.1 Å². The zero-order valence-electron chi connectivity index (χ0n) is 13.1. The highest BCUT2D eigenvalue weighted by atomic mass is 35.5. The number of hydrogen-bond donors (Lipinski definition) is 1. The van der Waals surface area contributed by atoms with Crippen molar-refractivity contribution in [1.29, 1.82) is 0 Å². The van der Waals surface area contributed by atoms with Gasteiger partial charge in [-0.2, -0.15) is 13.2 Å². The highest BCUT2D eigenvalue weighted by Gasteiger charge is 2.30. The molecular weight excluding hydrogens is 351 g/mol. The summed E-state index contributed by atoms with van der Waals surface area (Å²) >= 11 is 6.15. The van der Waals surface area contributed by atoms with E-state index in [9.17, 15) is 13.2 Å². The summed E-state index contributed by atoms with van der Waals surface area (Å²) in [5.74, 6) is 0.498. The number of rotatable bonds is 3. The third-order valence-electron chi connectivity index (χ3n) is 3.56.